The number of ether oxygens (including phenoxy) is 2. The Hall–Kier alpha value is -1.26. The van der Waals surface area contributed by atoms with Gasteiger partial charge in [0.25, 0.3) is 0 Å². The average molecular weight is 368 g/mol. The zero-order valence-corrected chi connectivity index (χ0v) is 15.4. The quantitative estimate of drug-likeness (QED) is 0.593. The number of benzene rings is 2. The second-order valence-electron chi connectivity index (χ2n) is 5.36. The first kappa shape index (κ1) is 19.1. The van der Waals surface area contributed by atoms with Gasteiger partial charge in [0.05, 0.1) is 0 Å². The van der Waals surface area contributed by atoms with E-state index in [4.69, 9.17) is 32.7 Å². The van der Waals surface area contributed by atoms with Crippen LogP contribution in [0.15, 0.2) is 42.5 Å². The van der Waals surface area contributed by atoms with Crippen LogP contribution < -0.4 is 10.1 Å². The Kier molecular flexibility index (Phi) is 8.40. The highest BCUT2D eigenvalue weighted by molar-refractivity contribution is 6.35. The first-order valence-electron chi connectivity index (χ1n) is 8.13. The van der Waals surface area contributed by atoms with E-state index in [1.165, 1.54) is 5.56 Å². The molecule has 0 unspecified atom stereocenters. The van der Waals surface area contributed by atoms with Crippen molar-refractivity contribution in [2.24, 2.45) is 0 Å². The molecule has 0 atom stereocenters. The van der Waals surface area contributed by atoms with Crippen molar-refractivity contribution in [3.63, 3.8) is 0 Å². The van der Waals surface area contributed by atoms with Crippen molar-refractivity contribution in [1.29, 1.82) is 0 Å². The van der Waals surface area contributed by atoms with Gasteiger partial charge in [-0.1, -0.05) is 41.4 Å². The maximum absolute atomic E-state index is 6.16. The fourth-order valence-electron chi connectivity index (χ4n) is 2.25. The zero-order chi connectivity index (χ0) is 17.2. The highest BCUT2D eigenvalue weighted by atomic mass is 35.5. The van der Waals surface area contributed by atoms with Gasteiger partial charge in [-0.2, -0.15) is 0 Å². The lowest BCUT2D eigenvalue weighted by Crippen LogP contribution is -2.16. The number of halogens is 2. The first-order chi connectivity index (χ1) is 11.7. The molecule has 0 heterocycles. The van der Waals surface area contributed by atoms with E-state index >= 15 is 0 Å². The zero-order valence-electron chi connectivity index (χ0n) is 13.9. The molecule has 1 N–H and O–H groups in total. The molecular formula is C19H23Cl2NO2. The summed E-state index contributed by atoms with van der Waals surface area (Å²) in [4.78, 5) is 0. The summed E-state index contributed by atoms with van der Waals surface area (Å²) in [6, 6.07) is 13.5. The SMILES string of the molecule is CCOCCCNCc1cccc(OCc2c(Cl)cccc2Cl)c1. The topological polar surface area (TPSA) is 30.5 Å². The molecule has 0 amide bonds. The van der Waals surface area contributed by atoms with Crippen molar-refractivity contribution in [2.75, 3.05) is 19.8 Å². The lowest BCUT2D eigenvalue weighted by molar-refractivity contribution is 0.144. The molecule has 0 saturated heterocycles. The smallest absolute Gasteiger partial charge is 0.120 e. The third kappa shape index (κ3) is 6.33. The van der Waals surface area contributed by atoms with Gasteiger partial charge in [0.15, 0.2) is 0 Å². The van der Waals surface area contributed by atoms with E-state index in [-0.39, 0.29) is 0 Å². The Morgan fingerprint density at radius 3 is 2.54 bits per heavy atom. The van der Waals surface area contributed by atoms with Gasteiger partial charge in [-0.3, -0.25) is 0 Å². The summed E-state index contributed by atoms with van der Waals surface area (Å²) >= 11 is 12.3. The molecule has 0 spiro atoms. The van der Waals surface area contributed by atoms with Gasteiger partial charge >= 0.3 is 0 Å². The van der Waals surface area contributed by atoms with Crippen LogP contribution in [0.4, 0.5) is 0 Å². The van der Waals surface area contributed by atoms with Crippen LogP contribution in [0.2, 0.25) is 10.0 Å². The van der Waals surface area contributed by atoms with Crippen LogP contribution in [0.1, 0.15) is 24.5 Å². The summed E-state index contributed by atoms with van der Waals surface area (Å²) in [7, 11) is 0. The second kappa shape index (κ2) is 10.6. The number of hydrogen-bond donors (Lipinski definition) is 1. The van der Waals surface area contributed by atoms with E-state index in [0.717, 1.165) is 44.0 Å². The summed E-state index contributed by atoms with van der Waals surface area (Å²) in [6.07, 6.45) is 1.01. The van der Waals surface area contributed by atoms with Crippen molar-refractivity contribution in [3.05, 3.63) is 63.6 Å². The fraction of sp³-hybridized carbons (Fsp3) is 0.368. The molecule has 0 bridgehead atoms. The molecular weight excluding hydrogens is 345 g/mol. The summed E-state index contributed by atoms with van der Waals surface area (Å²) in [5.41, 5.74) is 1.98. The van der Waals surface area contributed by atoms with Crippen molar-refractivity contribution in [2.45, 2.75) is 26.5 Å². The van der Waals surface area contributed by atoms with Crippen LogP contribution in [0, 0.1) is 0 Å². The van der Waals surface area contributed by atoms with Gasteiger partial charge in [-0.05, 0) is 49.7 Å². The summed E-state index contributed by atoms with van der Waals surface area (Å²) in [5.74, 6) is 0.805. The van der Waals surface area contributed by atoms with Gasteiger partial charge in [-0.15, -0.1) is 0 Å². The number of rotatable bonds is 10. The highest BCUT2D eigenvalue weighted by Crippen LogP contribution is 2.26. The van der Waals surface area contributed by atoms with E-state index in [1.807, 2.05) is 43.3 Å². The molecule has 0 aliphatic carbocycles. The molecule has 0 fully saturated rings. The predicted octanol–water partition coefficient (Wildman–Crippen LogP) is 5.09. The third-order valence-corrected chi connectivity index (χ3v) is 4.23. The van der Waals surface area contributed by atoms with Crippen LogP contribution in [0.5, 0.6) is 5.75 Å². The maximum atomic E-state index is 6.16. The normalized spacial score (nSPS) is 10.8. The molecule has 2 aromatic rings. The monoisotopic (exact) mass is 367 g/mol. The number of hydrogen-bond acceptors (Lipinski definition) is 3. The minimum absolute atomic E-state index is 0.351. The Morgan fingerprint density at radius 1 is 1.04 bits per heavy atom. The van der Waals surface area contributed by atoms with Crippen LogP contribution in [0.25, 0.3) is 0 Å². The molecule has 0 aromatic heterocycles. The van der Waals surface area contributed by atoms with E-state index in [9.17, 15) is 0 Å². The second-order valence-corrected chi connectivity index (χ2v) is 6.18. The van der Waals surface area contributed by atoms with Crippen molar-refractivity contribution >= 4 is 23.2 Å². The molecule has 0 radical (unpaired) electrons. The summed E-state index contributed by atoms with van der Waals surface area (Å²) in [5, 5.41) is 4.64. The van der Waals surface area contributed by atoms with Crippen LogP contribution in [0.3, 0.4) is 0 Å². The summed E-state index contributed by atoms with van der Waals surface area (Å²) < 4.78 is 11.2. The standard InChI is InChI=1S/C19H23Cl2NO2/c1-2-23-11-5-10-22-13-15-6-3-7-16(12-15)24-14-17-18(20)8-4-9-19(17)21/h3-4,6-9,12,22H,2,5,10-11,13-14H2,1H3. The van der Waals surface area contributed by atoms with E-state index < -0.39 is 0 Å². The molecule has 2 aromatic carbocycles. The summed E-state index contributed by atoms with van der Waals surface area (Å²) in [6.45, 7) is 5.66. The van der Waals surface area contributed by atoms with Crippen molar-refractivity contribution in [3.8, 4) is 5.75 Å². The van der Waals surface area contributed by atoms with E-state index in [2.05, 4.69) is 11.4 Å². The lowest BCUT2D eigenvalue weighted by Gasteiger charge is -2.11. The predicted molar refractivity (Wildman–Crippen MR) is 100 cm³/mol. The molecule has 3 nitrogen and oxygen atoms in total. The minimum atomic E-state index is 0.351. The average Bonchev–Trinajstić information content (AvgIpc) is 2.58. The Bertz CT molecular complexity index is 614. The van der Waals surface area contributed by atoms with Crippen LogP contribution >= 0.6 is 23.2 Å². The molecule has 130 valence electrons. The third-order valence-electron chi connectivity index (χ3n) is 3.52. The lowest BCUT2D eigenvalue weighted by atomic mass is 10.2. The Labute approximate surface area is 153 Å². The molecule has 0 aliphatic heterocycles. The van der Waals surface area contributed by atoms with Crippen molar-refractivity contribution < 1.29 is 9.47 Å². The van der Waals surface area contributed by atoms with E-state index in [0.29, 0.717) is 16.7 Å². The van der Waals surface area contributed by atoms with Gasteiger partial charge in [0, 0.05) is 35.4 Å². The molecule has 0 saturated carbocycles. The highest BCUT2D eigenvalue weighted by Gasteiger charge is 2.06. The van der Waals surface area contributed by atoms with Crippen molar-refractivity contribution in [1.82, 2.24) is 5.32 Å². The van der Waals surface area contributed by atoms with E-state index in [1.54, 1.807) is 0 Å². The molecule has 2 rings (SSSR count). The minimum Gasteiger partial charge on any atom is -0.489 e. The van der Waals surface area contributed by atoms with Crippen LogP contribution in [-0.2, 0) is 17.9 Å². The first-order valence-corrected chi connectivity index (χ1v) is 8.89. The molecule has 5 heteroatoms. The van der Waals surface area contributed by atoms with Gasteiger partial charge < -0.3 is 14.8 Å². The van der Waals surface area contributed by atoms with Crippen LogP contribution in [-0.4, -0.2) is 19.8 Å². The van der Waals surface area contributed by atoms with Gasteiger partial charge in [0.1, 0.15) is 12.4 Å². The van der Waals surface area contributed by atoms with Gasteiger partial charge in [-0.25, -0.2) is 0 Å². The fourth-order valence-corrected chi connectivity index (χ4v) is 2.75. The largest absolute Gasteiger partial charge is 0.489 e. The Balaban J connectivity index is 1.82. The maximum Gasteiger partial charge on any atom is 0.120 e. The molecule has 0 aliphatic rings. The van der Waals surface area contributed by atoms with Gasteiger partial charge in [0.2, 0.25) is 0 Å². The Morgan fingerprint density at radius 2 is 1.79 bits per heavy atom. The molecule has 24 heavy (non-hydrogen) atoms. The number of nitrogens with one attached hydrogen (secondary N) is 1.